The molecular formula is C3H6N6Na4. The van der Waals surface area contributed by atoms with E-state index in [9.17, 15) is 0 Å². The number of hydrogen-bond acceptors (Lipinski definition) is 6. The molecule has 0 atom stereocenters. The molecule has 52 valence electrons. The van der Waals surface area contributed by atoms with E-state index in [4.69, 9.17) is 17.2 Å². The first-order valence-electron chi connectivity index (χ1n) is 2.21. The topological polar surface area (TPSA) is 117 Å². The summed E-state index contributed by atoms with van der Waals surface area (Å²) in [6, 6.07) is 0. The molecule has 0 saturated carbocycles. The van der Waals surface area contributed by atoms with Gasteiger partial charge in [-0.15, -0.1) is 0 Å². The largest absolute Gasteiger partial charge is 0.368 e. The van der Waals surface area contributed by atoms with E-state index in [0.717, 1.165) is 0 Å². The Balaban J connectivity index is -0.000000101. The average Bonchev–Trinajstić information content (AvgIpc) is 1.59. The molecular weight excluding hydrogens is 212 g/mol. The maximum Gasteiger partial charge on any atom is 0.226 e. The Bertz CT molecular complexity index is 181. The van der Waals surface area contributed by atoms with Crippen LogP contribution < -0.4 is 17.2 Å². The molecule has 0 amide bonds. The van der Waals surface area contributed by atoms with Gasteiger partial charge in [0, 0.05) is 118 Å². The van der Waals surface area contributed by atoms with E-state index in [-0.39, 0.29) is 136 Å². The molecule has 0 aliphatic carbocycles. The molecule has 6 nitrogen and oxygen atoms in total. The molecule has 1 aromatic heterocycles. The molecule has 0 spiro atoms. The molecule has 1 rings (SSSR count). The number of aromatic nitrogens is 3. The van der Waals surface area contributed by atoms with Gasteiger partial charge in [0.1, 0.15) is 0 Å². The summed E-state index contributed by atoms with van der Waals surface area (Å²) in [5.74, 6) is 0.125. The van der Waals surface area contributed by atoms with E-state index in [0.29, 0.717) is 0 Å². The van der Waals surface area contributed by atoms with Gasteiger partial charge in [0.15, 0.2) is 0 Å². The number of nitrogens with two attached hydrogens (primary N) is 3. The summed E-state index contributed by atoms with van der Waals surface area (Å²) in [7, 11) is 0. The molecule has 4 radical (unpaired) electrons. The molecule has 0 saturated heterocycles. The Labute approximate surface area is 165 Å². The number of hydrogen-bond donors (Lipinski definition) is 3. The van der Waals surface area contributed by atoms with Gasteiger partial charge in [-0.3, -0.25) is 0 Å². The van der Waals surface area contributed by atoms with Crippen molar-refractivity contribution in [1.82, 2.24) is 15.0 Å². The molecule has 0 aliphatic rings. The van der Waals surface area contributed by atoms with Crippen LogP contribution in [-0.2, 0) is 0 Å². The molecule has 0 fully saturated rings. The monoisotopic (exact) mass is 218 g/mol. The molecule has 1 aromatic rings. The van der Waals surface area contributed by atoms with Crippen molar-refractivity contribution < 1.29 is 0 Å². The van der Waals surface area contributed by atoms with Gasteiger partial charge in [0.05, 0.1) is 0 Å². The molecule has 1 heterocycles. The molecule has 6 N–H and O–H groups in total. The minimum absolute atomic E-state index is 0. The van der Waals surface area contributed by atoms with Gasteiger partial charge >= 0.3 is 0 Å². The first-order valence-corrected chi connectivity index (χ1v) is 2.21. The average molecular weight is 218 g/mol. The normalized spacial score (nSPS) is 6.46. The van der Waals surface area contributed by atoms with Crippen LogP contribution in [0.4, 0.5) is 17.8 Å². The standard InChI is InChI=1S/C3H6N6.4Na/c4-1-7-2(5)9-3(6)8-1;;;;/h(H6,4,5,6,7,8,9);;;;. The van der Waals surface area contributed by atoms with Crippen molar-refractivity contribution in [2.45, 2.75) is 0 Å². The van der Waals surface area contributed by atoms with Crippen molar-refractivity contribution in [3.8, 4) is 0 Å². The van der Waals surface area contributed by atoms with Crippen molar-refractivity contribution in [3.63, 3.8) is 0 Å². The zero-order valence-electron chi connectivity index (χ0n) is 8.57. The Morgan fingerprint density at radius 1 is 0.538 bits per heavy atom. The fourth-order valence-corrected chi connectivity index (χ4v) is 0.427. The summed E-state index contributed by atoms with van der Waals surface area (Å²) >= 11 is 0. The fraction of sp³-hybridized carbons (Fsp3) is 0. The molecule has 0 bridgehead atoms. The Kier molecular flexibility index (Phi) is 23.6. The predicted molar refractivity (Wildman–Crippen MR) is 56.1 cm³/mol. The summed E-state index contributed by atoms with van der Waals surface area (Å²) in [5.41, 5.74) is 15.4. The van der Waals surface area contributed by atoms with Gasteiger partial charge in [-0.1, -0.05) is 0 Å². The van der Waals surface area contributed by atoms with E-state index < -0.39 is 0 Å². The van der Waals surface area contributed by atoms with Crippen molar-refractivity contribution in [2.24, 2.45) is 0 Å². The third kappa shape index (κ3) is 10.7. The van der Waals surface area contributed by atoms with E-state index in [1.165, 1.54) is 0 Å². The van der Waals surface area contributed by atoms with Gasteiger partial charge < -0.3 is 17.2 Å². The Morgan fingerprint density at radius 3 is 0.846 bits per heavy atom. The van der Waals surface area contributed by atoms with Crippen molar-refractivity contribution in [2.75, 3.05) is 17.2 Å². The number of nitrogens with zero attached hydrogens (tertiary/aromatic N) is 3. The van der Waals surface area contributed by atoms with Crippen molar-refractivity contribution in [1.29, 1.82) is 0 Å². The minimum atomic E-state index is 0. The van der Waals surface area contributed by atoms with Crippen LogP contribution in [0.25, 0.3) is 0 Å². The SMILES string of the molecule is Nc1nc(N)nc(N)n1.[Na].[Na].[Na].[Na]. The van der Waals surface area contributed by atoms with Crippen LogP contribution in [0.5, 0.6) is 0 Å². The third-order valence-corrected chi connectivity index (χ3v) is 0.687. The van der Waals surface area contributed by atoms with E-state index in [2.05, 4.69) is 15.0 Å². The van der Waals surface area contributed by atoms with Gasteiger partial charge in [-0.2, -0.15) is 15.0 Å². The number of nitrogen functional groups attached to an aromatic ring is 3. The summed E-state index contributed by atoms with van der Waals surface area (Å²) in [6.45, 7) is 0. The van der Waals surface area contributed by atoms with Crippen LogP contribution in [0.3, 0.4) is 0 Å². The second-order valence-electron chi connectivity index (χ2n) is 1.41. The van der Waals surface area contributed by atoms with Gasteiger partial charge in [-0.05, 0) is 0 Å². The fourth-order valence-electron chi connectivity index (χ4n) is 0.427. The van der Waals surface area contributed by atoms with Crippen LogP contribution in [-0.4, -0.2) is 133 Å². The Morgan fingerprint density at radius 2 is 0.692 bits per heavy atom. The molecule has 10 heteroatoms. The maximum absolute atomic E-state index is 5.14. The van der Waals surface area contributed by atoms with Gasteiger partial charge in [-0.25, -0.2) is 0 Å². The van der Waals surface area contributed by atoms with Crippen LogP contribution >= 0.6 is 0 Å². The summed E-state index contributed by atoms with van der Waals surface area (Å²) < 4.78 is 0. The smallest absolute Gasteiger partial charge is 0.226 e. The summed E-state index contributed by atoms with van der Waals surface area (Å²) in [4.78, 5) is 10.5. The van der Waals surface area contributed by atoms with Crippen LogP contribution in [0.15, 0.2) is 0 Å². The first-order chi connectivity index (χ1) is 4.18. The maximum atomic E-state index is 5.14. The van der Waals surface area contributed by atoms with Gasteiger partial charge in [0.2, 0.25) is 17.8 Å². The van der Waals surface area contributed by atoms with Gasteiger partial charge in [0.25, 0.3) is 0 Å². The molecule has 0 aromatic carbocycles. The zero-order valence-corrected chi connectivity index (χ0v) is 16.6. The summed E-state index contributed by atoms with van der Waals surface area (Å²) in [6.07, 6.45) is 0. The van der Waals surface area contributed by atoms with E-state index in [1.807, 2.05) is 0 Å². The Hall–Kier alpha value is 2.41. The van der Waals surface area contributed by atoms with Crippen LogP contribution in [0, 0.1) is 0 Å². The third-order valence-electron chi connectivity index (χ3n) is 0.687. The van der Waals surface area contributed by atoms with E-state index >= 15 is 0 Å². The summed E-state index contributed by atoms with van der Waals surface area (Å²) in [5, 5.41) is 0. The second-order valence-corrected chi connectivity index (χ2v) is 1.41. The second kappa shape index (κ2) is 12.5. The van der Waals surface area contributed by atoms with Crippen LogP contribution in [0.2, 0.25) is 0 Å². The first kappa shape index (κ1) is 24.6. The minimum Gasteiger partial charge on any atom is -0.368 e. The number of rotatable bonds is 0. The predicted octanol–water partition coefficient (Wildman–Crippen LogP) is -2.90. The zero-order chi connectivity index (χ0) is 6.85. The quantitative estimate of drug-likeness (QED) is 0.402. The van der Waals surface area contributed by atoms with Crippen LogP contribution in [0.1, 0.15) is 0 Å². The number of anilines is 3. The molecule has 13 heavy (non-hydrogen) atoms. The molecule has 0 aliphatic heterocycles. The van der Waals surface area contributed by atoms with Crippen molar-refractivity contribution in [3.05, 3.63) is 0 Å². The van der Waals surface area contributed by atoms with Crippen molar-refractivity contribution >= 4 is 136 Å². The van der Waals surface area contributed by atoms with E-state index in [1.54, 1.807) is 0 Å². The molecule has 0 unspecified atom stereocenters.